The van der Waals surface area contributed by atoms with Crippen molar-refractivity contribution < 1.29 is 13.2 Å². The fourth-order valence-electron chi connectivity index (χ4n) is 1.90. The molecule has 104 valence electrons. The first kappa shape index (κ1) is 14.8. The molecule has 0 aromatic carbocycles. The molecule has 1 aromatic heterocycles. The van der Waals surface area contributed by atoms with Crippen LogP contribution in [-0.2, 0) is 13.8 Å². The molecule has 0 saturated carbocycles. The highest BCUT2D eigenvalue weighted by atomic mass is 35.7. The van der Waals surface area contributed by atoms with Gasteiger partial charge in [-0.3, -0.25) is 9.69 Å². The number of anilines is 1. The van der Waals surface area contributed by atoms with E-state index in [4.69, 9.17) is 33.9 Å². The molecule has 1 aliphatic rings. The monoisotopic (exact) mass is 343 g/mol. The summed E-state index contributed by atoms with van der Waals surface area (Å²) in [6, 6.07) is 0. The molecule has 2 heterocycles. The van der Waals surface area contributed by atoms with Crippen LogP contribution in [0.1, 0.15) is 6.42 Å². The van der Waals surface area contributed by atoms with Gasteiger partial charge in [-0.05, 0) is 0 Å². The average molecular weight is 345 g/mol. The zero-order chi connectivity index (χ0) is 14.2. The number of hydrogen-bond acceptors (Lipinski definition) is 5. The first-order valence-electron chi connectivity index (χ1n) is 5.17. The largest absolute Gasteiger partial charge is 0.294 e. The lowest BCUT2D eigenvalue weighted by Gasteiger charge is -2.15. The van der Waals surface area contributed by atoms with Gasteiger partial charge in [0.15, 0.2) is 11.0 Å². The van der Waals surface area contributed by atoms with E-state index in [-0.39, 0.29) is 46.7 Å². The van der Waals surface area contributed by atoms with E-state index >= 15 is 0 Å². The normalized spacial score (nSPS) is 20.1. The fraction of sp³-hybridized carbons (Fsp3) is 0.444. The smallest absolute Gasteiger partial charge is 0.232 e. The number of aromatic nitrogens is 2. The van der Waals surface area contributed by atoms with Crippen LogP contribution in [0.5, 0.6) is 0 Å². The Morgan fingerprint density at radius 3 is 2.68 bits per heavy atom. The summed E-state index contributed by atoms with van der Waals surface area (Å²) in [7, 11) is 1.53. The second-order valence-electron chi connectivity index (χ2n) is 4.09. The van der Waals surface area contributed by atoms with E-state index < -0.39 is 9.05 Å². The molecule has 1 aliphatic heterocycles. The molecule has 19 heavy (non-hydrogen) atoms. The summed E-state index contributed by atoms with van der Waals surface area (Å²) in [5, 5.41) is 0.107. The molecule has 1 fully saturated rings. The fourth-order valence-corrected chi connectivity index (χ4v) is 3.64. The summed E-state index contributed by atoms with van der Waals surface area (Å²) in [4.78, 5) is 20.8. The number of nitrogens with zero attached hydrogens (tertiary/aromatic N) is 3. The predicted octanol–water partition coefficient (Wildman–Crippen LogP) is 1.70. The first-order chi connectivity index (χ1) is 8.76. The van der Waals surface area contributed by atoms with Crippen molar-refractivity contribution in [1.29, 1.82) is 0 Å². The third-order valence-corrected chi connectivity index (χ3v) is 4.26. The number of rotatable bonds is 3. The molecule has 1 atom stereocenters. The van der Waals surface area contributed by atoms with Gasteiger partial charge in [0.25, 0.3) is 0 Å². The van der Waals surface area contributed by atoms with Crippen LogP contribution < -0.4 is 4.90 Å². The van der Waals surface area contributed by atoms with E-state index in [2.05, 4.69) is 9.97 Å². The van der Waals surface area contributed by atoms with E-state index in [1.165, 1.54) is 11.1 Å². The van der Waals surface area contributed by atoms with Gasteiger partial charge in [0.1, 0.15) is 5.15 Å². The Kier molecular flexibility index (Phi) is 4.20. The number of amides is 1. The standard InChI is InChI=1S/C9H8Cl3N3O3S/c10-6-2-13-9(8(11)14-6)15-3-5(1-7(15)16)4-19(12,17)18/h2,5H,1,3-4H2. The molecular weight excluding hydrogens is 337 g/mol. The maximum absolute atomic E-state index is 11.8. The minimum atomic E-state index is -3.65. The predicted molar refractivity (Wildman–Crippen MR) is 72.2 cm³/mol. The van der Waals surface area contributed by atoms with Crippen molar-refractivity contribution in [2.45, 2.75) is 6.42 Å². The van der Waals surface area contributed by atoms with Gasteiger partial charge < -0.3 is 0 Å². The van der Waals surface area contributed by atoms with E-state index in [0.29, 0.717) is 0 Å². The van der Waals surface area contributed by atoms with Crippen LogP contribution in [0.3, 0.4) is 0 Å². The minimum Gasteiger partial charge on any atom is -0.294 e. The van der Waals surface area contributed by atoms with Crippen LogP contribution in [0.15, 0.2) is 6.20 Å². The van der Waals surface area contributed by atoms with Crippen LogP contribution in [0.25, 0.3) is 0 Å². The lowest BCUT2D eigenvalue weighted by atomic mass is 10.1. The number of carbonyl (C=O) groups excluding carboxylic acids is 1. The summed E-state index contributed by atoms with van der Waals surface area (Å²) in [5.41, 5.74) is 0. The number of carbonyl (C=O) groups is 1. The van der Waals surface area contributed by atoms with Crippen molar-refractivity contribution in [2.24, 2.45) is 5.92 Å². The van der Waals surface area contributed by atoms with Crippen molar-refractivity contribution >= 4 is 54.7 Å². The lowest BCUT2D eigenvalue weighted by Crippen LogP contribution is -2.26. The van der Waals surface area contributed by atoms with Crippen LogP contribution >= 0.6 is 33.9 Å². The summed E-state index contributed by atoms with van der Waals surface area (Å²) in [5.74, 6) is -0.756. The molecular formula is C9H8Cl3N3O3S. The minimum absolute atomic E-state index is 0.00442. The first-order valence-corrected chi connectivity index (χ1v) is 8.40. The Morgan fingerprint density at radius 2 is 2.11 bits per heavy atom. The molecule has 0 bridgehead atoms. The number of hydrogen-bond donors (Lipinski definition) is 0. The maximum atomic E-state index is 11.8. The van der Waals surface area contributed by atoms with Gasteiger partial charge in [-0.25, -0.2) is 18.4 Å². The quantitative estimate of drug-likeness (QED) is 0.780. The third kappa shape index (κ3) is 3.68. The Hall–Kier alpha value is -0.630. The molecule has 0 spiro atoms. The molecule has 1 unspecified atom stereocenters. The molecule has 2 rings (SSSR count). The van der Waals surface area contributed by atoms with Crippen LogP contribution in [0.2, 0.25) is 10.3 Å². The van der Waals surface area contributed by atoms with Gasteiger partial charge in [-0.1, -0.05) is 23.2 Å². The third-order valence-electron chi connectivity index (χ3n) is 2.58. The molecule has 0 radical (unpaired) electrons. The van der Waals surface area contributed by atoms with Crippen LogP contribution in [0, 0.1) is 5.92 Å². The van der Waals surface area contributed by atoms with Crippen LogP contribution in [-0.4, -0.2) is 36.6 Å². The molecule has 10 heteroatoms. The van der Waals surface area contributed by atoms with Crippen LogP contribution in [0.4, 0.5) is 5.82 Å². The van der Waals surface area contributed by atoms with Gasteiger partial charge in [0.05, 0.1) is 11.9 Å². The second-order valence-corrected chi connectivity index (χ2v) is 7.65. The van der Waals surface area contributed by atoms with Crippen molar-refractivity contribution in [1.82, 2.24) is 9.97 Å². The van der Waals surface area contributed by atoms with Gasteiger partial charge in [-0.2, -0.15) is 0 Å². The van der Waals surface area contributed by atoms with Gasteiger partial charge >= 0.3 is 0 Å². The highest BCUT2D eigenvalue weighted by Gasteiger charge is 2.35. The van der Waals surface area contributed by atoms with Gasteiger partial charge in [-0.15, -0.1) is 0 Å². The Bertz CT molecular complexity index is 622. The Balaban J connectivity index is 2.20. The highest BCUT2D eigenvalue weighted by Crippen LogP contribution is 2.29. The van der Waals surface area contributed by atoms with Crippen molar-refractivity contribution in [3.63, 3.8) is 0 Å². The van der Waals surface area contributed by atoms with Crippen molar-refractivity contribution in [3.05, 3.63) is 16.5 Å². The van der Waals surface area contributed by atoms with E-state index in [1.54, 1.807) is 0 Å². The van der Waals surface area contributed by atoms with E-state index in [1.807, 2.05) is 0 Å². The maximum Gasteiger partial charge on any atom is 0.232 e. The topological polar surface area (TPSA) is 80.2 Å². The summed E-state index contributed by atoms with van der Waals surface area (Å²) in [6.07, 6.45) is 1.34. The molecule has 6 nitrogen and oxygen atoms in total. The van der Waals surface area contributed by atoms with Gasteiger partial charge in [0, 0.05) is 29.6 Å². The lowest BCUT2D eigenvalue weighted by molar-refractivity contribution is -0.117. The Morgan fingerprint density at radius 1 is 1.42 bits per heavy atom. The molecule has 1 saturated heterocycles. The molecule has 1 aromatic rings. The van der Waals surface area contributed by atoms with Crippen molar-refractivity contribution in [3.8, 4) is 0 Å². The van der Waals surface area contributed by atoms with E-state index in [0.717, 1.165) is 0 Å². The van der Waals surface area contributed by atoms with Gasteiger partial charge in [0.2, 0.25) is 15.0 Å². The van der Waals surface area contributed by atoms with E-state index in [9.17, 15) is 13.2 Å². The molecule has 1 amide bonds. The zero-order valence-corrected chi connectivity index (χ0v) is 12.5. The average Bonchev–Trinajstić information content (AvgIpc) is 2.56. The summed E-state index contributed by atoms with van der Waals surface area (Å²) in [6.45, 7) is 0.181. The zero-order valence-electron chi connectivity index (χ0n) is 9.38. The second kappa shape index (κ2) is 5.40. The molecule has 0 N–H and O–H groups in total. The summed E-state index contributed by atoms with van der Waals surface area (Å²) < 4.78 is 22.0. The Labute approximate surface area is 124 Å². The highest BCUT2D eigenvalue weighted by molar-refractivity contribution is 8.13. The molecule has 0 aliphatic carbocycles. The number of halogens is 3. The summed E-state index contributed by atoms with van der Waals surface area (Å²) >= 11 is 11.5. The SMILES string of the molecule is O=C1CC(CS(=O)(=O)Cl)CN1c1ncc(Cl)nc1Cl. The van der Waals surface area contributed by atoms with Crippen molar-refractivity contribution in [2.75, 3.05) is 17.2 Å².